The standard InChI is InChI=1S/C7H8ClNO3S.ClH/c1-4-2-6(9)7(3-5(4)8)13(10,11)12;/h2-3H,9H2,1H3,(H,10,11,12);1H. The topological polar surface area (TPSA) is 80.4 Å². The van der Waals surface area contributed by atoms with Gasteiger partial charge in [0.25, 0.3) is 10.1 Å². The molecule has 0 spiro atoms. The van der Waals surface area contributed by atoms with Crippen LogP contribution >= 0.6 is 24.0 Å². The Morgan fingerprint density at radius 1 is 1.43 bits per heavy atom. The summed E-state index contributed by atoms with van der Waals surface area (Å²) in [6.45, 7) is 1.69. The number of hydrogen-bond acceptors (Lipinski definition) is 3. The summed E-state index contributed by atoms with van der Waals surface area (Å²) in [4.78, 5) is -0.358. The molecular formula is C7H9Cl2NO3S. The predicted octanol–water partition coefficient (Wildman–Crippen LogP) is 1.90. The van der Waals surface area contributed by atoms with Gasteiger partial charge in [-0.25, -0.2) is 0 Å². The van der Waals surface area contributed by atoms with Crippen molar-refractivity contribution in [3.63, 3.8) is 0 Å². The van der Waals surface area contributed by atoms with E-state index >= 15 is 0 Å². The highest BCUT2D eigenvalue weighted by molar-refractivity contribution is 7.86. The van der Waals surface area contributed by atoms with Gasteiger partial charge in [-0.3, -0.25) is 4.55 Å². The predicted molar refractivity (Wildman–Crippen MR) is 57.7 cm³/mol. The lowest BCUT2D eigenvalue weighted by Gasteiger charge is -2.04. The van der Waals surface area contributed by atoms with Gasteiger partial charge >= 0.3 is 0 Å². The van der Waals surface area contributed by atoms with Crippen LogP contribution in [-0.4, -0.2) is 13.0 Å². The number of anilines is 1. The van der Waals surface area contributed by atoms with Crippen molar-refractivity contribution >= 4 is 39.8 Å². The summed E-state index contributed by atoms with van der Waals surface area (Å²) in [5.41, 5.74) is 6.03. The molecule has 0 saturated heterocycles. The number of aryl methyl sites for hydroxylation is 1. The molecule has 0 bridgehead atoms. The molecule has 0 saturated carbocycles. The van der Waals surface area contributed by atoms with Crippen LogP contribution in [0.3, 0.4) is 0 Å². The monoisotopic (exact) mass is 257 g/mol. The van der Waals surface area contributed by atoms with E-state index in [1.54, 1.807) is 6.92 Å². The van der Waals surface area contributed by atoms with E-state index in [0.717, 1.165) is 6.07 Å². The summed E-state index contributed by atoms with van der Waals surface area (Å²) in [6, 6.07) is 2.52. The first-order valence-electron chi connectivity index (χ1n) is 3.35. The van der Waals surface area contributed by atoms with E-state index in [1.165, 1.54) is 6.07 Å². The zero-order valence-corrected chi connectivity index (χ0v) is 9.58. The molecule has 0 amide bonds. The Morgan fingerprint density at radius 2 is 1.93 bits per heavy atom. The van der Waals surface area contributed by atoms with Crippen LogP contribution in [0.1, 0.15) is 5.56 Å². The minimum atomic E-state index is -4.28. The lowest BCUT2D eigenvalue weighted by Crippen LogP contribution is -2.03. The highest BCUT2D eigenvalue weighted by Gasteiger charge is 2.15. The first-order valence-corrected chi connectivity index (χ1v) is 5.17. The van der Waals surface area contributed by atoms with Crippen LogP contribution < -0.4 is 5.73 Å². The molecule has 0 aliphatic heterocycles. The van der Waals surface area contributed by atoms with Gasteiger partial charge < -0.3 is 5.73 Å². The van der Waals surface area contributed by atoms with E-state index in [2.05, 4.69) is 0 Å². The molecule has 3 N–H and O–H groups in total. The van der Waals surface area contributed by atoms with Crippen LogP contribution in [0.2, 0.25) is 5.02 Å². The summed E-state index contributed by atoms with van der Waals surface area (Å²) in [6.07, 6.45) is 0. The fraction of sp³-hybridized carbons (Fsp3) is 0.143. The second kappa shape index (κ2) is 4.35. The van der Waals surface area contributed by atoms with E-state index in [-0.39, 0.29) is 28.0 Å². The quantitative estimate of drug-likeness (QED) is 0.595. The Hall–Kier alpha value is -0.490. The summed E-state index contributed by atoms with van der Waals surface area (Å²) in [5.74, 6) is 0. The Bertz CT molecular complexity index is 444. The lowest BCUT2D eigenvalue weighted by atomic mass is 10.2. The number of benzene rings is 1. The number of nitrogen functional groups attached to an aromatic ring is 1. The van der Waals surface area contributed by atoms with Gasteiger partial charge in [-0.2, -0.15) is 8.42 Å². The average molecular weight is 258 g/mol. The minimum Gasteiger partial charge on any atom is -0.398 e. The Labute approximate surface area is 93.2 Å². The number of halogens is 2. The Kier molecular flexibility index (Phi) is 4.20. The molecule has 0 unspecified atom stereocenters. The van der Waals surface area contributed by atoms with E-state index in [1.807, 2.05) is 0 Å². The first-order chi connectivity index (χ1) is 5.82. The Balaban J connectivity index is 0.00000169. The average Bonchev–Trinajstić information content (AvgIpc) is 1.94. The molecule has 1 aromatic rings. The summed E-state index contributed by atoms with van der Waals surface area (Å²) < 4.78 is 30.2. The first kappa shape index (κ1) is 13.5. The third kappa shape index (κ3) is 2.75. The van der Waals surface area contributed by atoms with Gasteiger partial charge in [0.2, 0.25) is 0 Å². The third-order valence-corrected chi connectivity index (χ3v) is 2.89. The van der Waals surface area contributed by atoms with Crippen LogP contribution in [0.15, 0.2) is 17.0 Å². The van der Waals surface area contributed by atoms with Crippen molar-refractivity contribution in [2.24, 2.45) is 0 Å². The van der Waals surface area contributed by atoms with Crippen LogP contribution in [0.5, 0.6) is 0 Å². The van der Waals surface area contributed by atoms with Gasteiger partial charge in [0.1, 0.15) is 4.90 Å². The van der Waals surface area contributed by atoms with Gasteiger partial charge in [0, 0.05) is 5.02 Å². The molecule has 7 heteroatoms. The fourth-order valence-electron chi connectivity index (χ4n) is 0.909. The van der Waals surface area contributed by atoms with E-state index < -0.39 is 10.1 Å². The van der Waals surface area contributed by atoms with Crippen LogP contribution in [0.25, 0.3) is 0 Å². The van der Waals surface area contributed by atoms with Crippen molar-refractivity contribution in [2.75, 3.05) is 5.73 Å². The van der Waals surface area contributed by atoms with Gasteiger partial charge in [0.05, 0.1) is 5.69 Å². The molecule has 0 atom stereocenters. The van der Waals surface area contributed by atoms with Crippen molar-refractivity contribution in [3.05, 3.63) is 22.7 Å². The van der Waals surface area contributed by atoms with Crippen LogP contribution in [0, 0.1) is 6.92 Å². The van der Waals surface area contributed by atoms with E-state index in [4.69, 9.17) is 21.9 Å². The normalized spacial score (nSPS) is 10.8. The molecular weight excluding hydrogens is 249 g/mol. The zero-order valence-electron chi connectivity index (χ0n) is 7.19. The third-order valence-electron chi connectivity index (χ3n) is 1.57. The largest absolute Gasteiger partial charge is 0.398 e. The maximum Gasteiger partial charge on any atom is 0.296 e. The van der Waals surface area contributed by atoms with Gasteiger partial charge in [-0.15, -0.1) is 12.4 Å². The molecule has 1 aromatic carbocycles. The van der Waals surface area contributed by atoms with E-state index in [9.17, 15) is 8.42 Å². The van der Waals surface area contributed by atoms with Crippen LogP contribution in [0.4, 0.5) is 5.69 Å². The maximum atomic E-state index is 10.7. The summed E-state index contributed by atoms with van der Waals surface area (Å²) >= 11 is 5.66. The highest BCUT2D eigenvalue weighted by Crippen LogP contribution is 2.25. The smallest absolute Gasteiger partial charge is 0.296 e. The molecule has 0 aliphatic carbocycles. The minimum absolute atomic E-state index is 0. The van der Waals surface area contributed by atoms with E-state index in [0.29, 0.717) is 5.56 Å². The van der Waals surface area contributed by atoms with Gasteiger partial charge in [0.15, 0.2) is 0 Å². The van der Waals surface area contributed by atoms with Crippen molar-refractivity contribution in [1.29, 1.82) is 0 Å². The molecule has 1 rings (SSSR count). The second-order valence-electron chi connectivity index (χ2n) is 2.61. The van der Waals surface area contributed by atoms with Crippen molar-refractivity contribution in [3.8, 4) is 0 Å². The molecule has 0 fully saturated rings. The summed E-state index contributed by atoms with van der Waals surface area (Å²) in [5, 5.41) is 0.252. The maximum absolute atomic E-state index is 10.7. The number of hydrogen-bond donors (Lipinski definition) is 2. The SMILES string of the molecule is Cc1cc(N)c(S(=O)(=O)O)cc1Cl.Cl. The Morgan fingerprint density at radius 3 is 2.36 bits per heavy atom. The second-order valence-corrected chi connectivity index (χ2v) is 4.41. The zero-order chi connectivity index (χ0) is 10.2. The molecule has 14 heavy (non-hydrogen) atoms. The molecule has 0 aliphatic rings. The van der Waals surface area contributed by atoms with Gasteiger partial charge in [-0.05, 0) is 24.6 Å². The van der Waals surface area contributed by atoms with Crippen molar-refractivity contribution in [2.45, 2.75) is 11.8 Å². The summed E-state index contributed by atoms with van der Waals surface area (Å²) in [7, 11) is -4.28. The van der Waals surface area contributed by atoms with Crippen molar-refractivity contribution < 1.29 is 13.0 Å². The molecule has 0 radical (unpaired) electrons. The van der Waals surface area contributed by atoms with Crippen molar-refractivity contribution in [1.82, 2.24) is 0 Å². The molecule has 0 aromatic heterocycles. The molecule has 4 nitrogen and oxygen atoms in total. The lowest BCUT2D eigenvalue weighted by molar-refractivity contribution is 0.483. The fourth-order valence-corrected chi connectivity index (χ4v) is 1.76. The van der Waals surface area contributed by atoms with Gasteiger partial charge in [-0.1, -0.05) is 11.6 Å². The van der Waals surface area contributed by atoms with Crippen LogP contribution in [-0.2, 0) is 10.1 Å². The highest BCUT2D eigenvalue weighted by atomic mass is 35.5. The number of rotatable bonds is 1. The number of nitrogens with two attached hydrogens (primary N) is 1. The molecule has 0 heterocycles. The molecule has 80 valence electrons.